The number of nitrogen functional groups attached to an aromatic ring is 1. The van der Waals surface area contributed by atoms with Crippen LogP contribution in [0.5, 0.6) is 0 Å². The predicted octanol–water partition coefficient (Wildman–Crippen LogP) is 2.95. The lowest BCUT2D eigenvalue weighted by molar-refractivity contribution is 0.147. The molecule has 0 amide bonds. The Hall–Kier alpha value is -2.37. The molecule has 0 bridgehead atoms. The Morgan fingerprint density at radius 2 is 1.77 bits per heavy atom. The highest BCUT2D eigenvalue weighted by Crippen LogP contribution is 2.28. The normalized spacial score (nSPS) is 16.4. The zero-order valence-electron chi connectivity index (χ0n) is 15.9. The predicted molar refractivity (Wildman–Crippen MR) is 107 cm³/mol. The van der Waals surface area contributed by atoms with Crippen LogP contribution in [-0.2, 0) is 6.54 Å². The topological polar surface area (TPSA) is 49.8 Å². The third-order valence-electron chi connectivity index (χ3n) is 5.49. The standard InChI is InChI=1S/C21H27N5/c1-15-4-5-17(12-16(15)2)21-19(14-25-10-8-24(3)9-11-25)26-13-18(22)6-7-20(26)23-21/h4-7,12-13H,8-11,14,22H2,1-3H3. The largest absolute Gasteiger partial charge is 0.398 e. The molecule has 3 aromatic rings. The van der Waals surface area contributed by atoms with Gasteiger partial charge in [0.2, 0.25) is 0 Å². The molecule has 136 valence electrons. The first kappa shape index (κ1) is 17.1. The number of fused-ring (bicyclic) bond motifs is 1. The van der Waals surface area contributed by atoms with Crippen molar-refractivity contribution in [2.45, 2.75) is 20.4 Å². The third-order valence-corrected chi connectivity index (χ3v) is 5.49. The molecule has 0 unspecified atom stereocenters. The highest BCUT2D eigenvalue weighted by Gasteiger charge is 2.20. The van der Waals surface area contributed by atoms with Crippen LogP contribution >= 0.6 is 0 Å². The number of imidazole rings is 1. The van der Waals surface area contributed by atoms with Gasteiger partial charge in [-0.3, -0.25) is 4.90 Å². The van der Waals surface area contributed by atoms with Crippen molar-refractivity contribution in [3.05, 3.63) is 53.3 Å². The molecule has 5 nitrogen and oxygen atoms in total. The number of pyridine rings is 1. The summed E-state index contributed by atoms with van der Waals surface area (Å²) in [5, 5.41) is 0. The highest BCUT2D eigenvalue weighted by molar-refractivity contribution is 5.68. The van der Waals surface area contributed by atoms with E-state index in [0.717, 1.165) is 49.8 Å². The van der Waals surface area contributed by atoms with Gasteiger partial charge < -0.3 is 15.0 Å². The summed E-state index contributed by atoms with van der Waals surface area (Å²) in [4.78, 5) is 9.84. The van der Waals surface area contributed by atoms with Crippen molar-refractivity contribution in [1.29, 1.82) is 0 Å². The van der Waals surface area contributed by atoms with Crippen molar-refractivity contribution in [3.8, 4) is 11.3 Å². The Morgan fingerprint density at radius 1 is 1.00 bits per heavy atom. The van der Waals surface area contributed by atoms with E-state index < -0.39 is 0 Å². The minimum absolute atomic E-state index is 0.765. The molecule has 2 N–H and O–H groups in total. The molecule has 0 atom stereocenters. The van der Waals surface area contributed by atoms with E-state index in [0.29, 0.717) is 0 Å². The molecule has 0 aliphatic carbocycles. The summed E-state index contributed by atoms with van der Waals surface area (Å²) in [5.74, 6) is 0. The fourth-order valence-corrected chi connectivity index (χ4v) is 3.60. The summed E-state index contributed by atoms with van der Waals surface area (Å²) in [6.07, 6.45) is 2.00. The molecule has 2 aromatic heterocycles. The molecule has 1 fully saturated rings. The van der Waals surface area contributed by atoms with Crippen LogP contribution in [0.25, 0.3) is 16.9 Å². The van der Waals surface area contributed by atoms with Gasteiger partial charge in [0.1, 0.15) is 5.65 Å². The van der Waals surface area contributed by atoms with Gasteiger partial charge in [0.05, 0.1) is 11.4 Å². The molecule has 3 heterocycles. The van der Waals surface area contributed by atoms with E-state index in [9.17, 15) is 0 Å². The van der Waals surface area contributed by atoms with E-state index in [4.69, 9.17) is 10.7 Å². The van der Waals surface area contributed by atoms with Crippen LogP contribution in [0.1, 0.15) is 16.8 Å². The Balaban J connectivity index is 1.79. The summed E-state index contributed by atoms with van der Waals surface area (Å²) in [5.41, 5.74) is 13.9. The van der Waals surface area contributed by atoms with Gasteiger partial charge in [0.15, 0.2) is 0 Å². The van der Waals surface area contributed by atoms with Crippen molar-refractivity contribution < 1.29 is 0 Å². The third kappa shape index (κ3) is 3.20. The van der Waals surface area contributed by atoms with E-state index in [2.05, 4.69) is 53.3 Å². The number of nitrogens with two attached hydrogens (primary N) is 1. The van der Waals surface area contributed by atoms with Gasteiger partial charge in [0, 0.05) is 50.2 Å². The first-order chi connectivity index (χ1) is 12.5. The Morgan fingerprint density at radius 3 is 2.50 bits per heavy atom. The zero-order valence-corrected chi connectivity index (χ0v) is 15.9. The van der Waals surface area contributed by atoms with Crippen molar-refractivity contribution >= 4 is 11.3 Å². The van der Waals surface area contributed by atoms with E-state index in [-0.39, 0.29) is 0 Å². The molecule has 1 aromatic carbocycles. The van der Waals surface area contributed by atoms with E-state index in [1.165, 1.54) is 22.4 Å². The van der Waals surface area contributed by atoms with Gasteiger partial charge in [-0.2, -0.15) is 0 Å². The summed E-state index contributed by atoms with van der Waals surface area (Å²) < 4.78 is 2.16. The maximum Gasteiger partial charge on any atom is 0.137 e. The van der Waals surface area contributed by atoms with Crippen LogP contribution in [0.2, 0.25) is 0 Å². The molecule has 0 spiro atoms. The fourth-order valence-electron chi connectivity index (χ4n) is 3.60. The first-order valence-electron chi connectivity index (χ1n) is 9.26. The molecular formula is C21H27N5. The van der Waals surface area contributed by atoms with Crippen molar-refractivity contribution in [3.63, 3.8) is 0 Å². The number of likely N-dealkylation sites (N-methyl/N-ethyl adjacent to an activating group) is 1. The second-order valence-electron chi connectivity index (χ2n) is 7.48. The summed E-state index contributed by atoms with van der Waals surface area (Å²) in [6, 6.07) is 10.5. The lowest BCUT2D eigenvalue weighted by atomic mass is 10.0. The average Bonchev–Trinajstić information content (AvgIpc) is 2.97. The lowest BCUT2D eigenvalue weighted by Gasteiger charge is -2.32. The van der Waals surface area contributed by atoms with Gasteiger partial charge in [-0.05, 0) is 50.2 Å². The number of aromatic nitrogens is 2. The Labute approximate surface area is 155 Å². The van der Waals surface area contributed by atoms with Crippen LogP contribution in [0.3, 0.4) is 0 Å². The lowest BCUT2D eigenvalue weighted by Crippen LogP contribution is -2.44. The van der Waals surface area contributed by atoms with Crippen LogP contribution in [0.4, 0.5) is 5.69 Å². The molecule has 4 rings (SSSR count). The second-order valence-corrected chi connectivity index (χ2v) is 7.48. The summed E-state index contributed by atoms with van der Waals surface area (Å²) in [7, 11) is 2.19. The summed E-state index contributed by atoms with van der Waals surface area (Å²) in [6.45, 7) is 9.58. The maximum absolute atomic E-state index is 6.07. The molecule has 5 heteroatoms. The number of benzene rings is 1. The molecule has 1 aliphatic rings. The van der Waals surface area contributed by atoms with Crippen molar-refractivity contribution in [2.75, 3.05) is 39.0 Å². The van der Waals surface area contributed by atoms with Gasteiger partial charge in [-0.1, -0.05) is 12.1 Å². The average molecular weight is 349 g/mol. The number of hydrogen-bond acceptors (Lipinski definition) is 4. The molecule has 1 saturated heterocycles. The van der Waals surface area contributed by atoms with Gasteiger partial charge in [-0.25, -0.2) is 4.98 Å². The Kier molecular flexibility index (Phi) is 4.42. The number of aryl methyl sites for hydroxylation is 2. The van der Waals surface area contributed by atoms with E-state index in [1.54, 1.807) is 0 Å². The fraction of sp³-hybridized carbons (Fsp3) is 0.381. The highest BCUT2D eigenvalue weighted by atomic mass is 15.3. The van der Waals surface area contributed by atoms with Crippen LogP contribution in [0.15, 0.2) is 36.5 Å². The molecule has 0 saturated carbocycles. The van der Waals surface area contributed by atoms with Gasteiger partial charge in [0.25, 0.3) is 0 Å². The van der Waals surface area contributed by atoms with Gasteiger partial charge in [-0.15, -0.1) is 0 Å². The number of hydrogen-bond donors (Lipinski definition) is 1. The van der Waals surface area contributed by atoms with Crippen molar-refractivity contribution in [1.82, 2.24) is 19.2 Å². The number of rotatable bonds is 3. The Bertz CT molecular complexity index is 935. The SMILES string of the molecule is Cc1ccc(-c2nc3ccc(N)cn3c2CN2CCN(C)CC2)cc1C. The molecule has 1 aliphatic heterocycles. The number of nitrogens with zero attached hydrogens (tertiary/aromatic N) is 4. The summed E-state index contributed by atoms with van der Waals surface area (Å²) >= 11 is 0. The quantitative estimate of drug-likeness (QED) is 0.790. The number of anilines is 1. The van der Waals surface area contributed by atoms with Crippen LogP contribution in [0, 0.1) is 13.8 Å². The first-order valence-corrected chi connectivity index (χ1v) is 9.26. The van der Waals surface area contributed by atoms with Gasteiger partial charge >= 0.3 is 0 Å². The zero-order chi connectivity index (χ0) is 18.3. The minimum atomic E-state index is 0.765. The van der Waals surface area contributed by atoms with E-state index in [1.807, 2.05) is 18.3 Å². The van der Waals surface area contributed by atoms with Crippen LogP contribution in [-0.4, -0.2) is 52.4 Å². The van der Waals surface area contributed by atoms with E-state index >= 15 is 0 Å². The number of piperazine rings is 1. The monoisotopic (exact) mass is 349 g/mol. The maximum atomic E-state index is 6.07. The second kappa shape index (κ2) is 6.74. The minimum Gasteiger partial charge on any atom is -0.398 e. The molecule has 26 heavy (non-hydrogen) atoms. The van der Waals surface area contributed by atoms with Crippen LogP contribution < -0.4 is 5.73 Å². The molecular weight excluding hydrogens is 322 g/mol. The van der Waals surface area contributed by atoms with Crippen molar-refractivity contribution in [2.24, 2.45) is 0 Å². The molecule has 0 radical (unpaired) electrons. The smallest absolute Gasteiger partial charge is 0.137 e.